The number of ether oxygens (including phenoxy) is 1. The van der Waals surface area contributed by atoms with E-state index in [4.69, 9.17) is 16.3 Å². The van der Waals surface area contributed by atoms with Crippen molar-refractivity contribution in [3.8, 4) is 6.07 Å². The van der Waals surface area contributed by atoms with Crippen LogP contribution >= 0.6 is 11.6 Å². The van der Waals surface area contributed by atoms with E-state index in [1.807, 2.05) is 23.7 Å². The van der Waals surface area contributed by atoms with E-state index in [2.05, 4.69) is 33.2 Å². The number of nitriles is 1. The first-order chi connectivity index (χ1) is 14.0. The average Bonchev–Trinajstić information content (AvgIpc) is 3.15. The number of hydrogen-bond donors (Lipinski definition) is 0. The van der Waals surface area contributed by atoms with E-state index in [0.29, 0.717) is 18.1 Å². The van der Waals surface area contributed by atoms with E-state index in [-0.39, 0.29) is 6.04 Å². The second-order valence-corrected chi connectivity index (χ2v) is 8.37. The van der Waals surface area contributed by atoms with Gasteiger partial charge in [0.2, 0.25) is 0 Å². The van der Waals surface area contributed by atoms with Gasteiger partial charge in [-0.05, 0) is 50.3 Å². The van der Waals surface area contributed by atoms with Gasteiger partial charge < -0.3 is 9.64 Å². The van der Waals surface area contributed by atoms with Crippen LogP contribution in [0.2, 0.25) is 0 Å². The van der Waals surface area contributed by atoms with Crippen LogP contribution in [0.4, 0.5) is 5.82 Å². The van der Waals surface area contributed by atoms with Crippen LogP contribution in [-0.4, -0.2) is 40.2 Å². The summed E-state index contributed by atoms with van der Waals surface area (Å²) in [4.78, 5) is 6.80. The second kappa shape index (κ2) is 7.77. The predicted octanol–water partition coefficient (Wildman–Crippen LogP) is 4.33. The zero-order chi connectivity index (χ0) is 20.6. The number of aromatic nitrogens is 4. The lowest BCUT2D eigenvalue weighted by atomic mass is 9.78. The van der Waals surface area contributed by atoms with Crippen LogP contribution in [0, 0.1) is 16.7 Å². The Morgan fingerprint density at radius 3 is 3.00 bits per heavy atom. The van der Waals surface area contributed by atoms with E-state index in [1.54, 1.807) is 13.3 Å². The normalized spacial score (nSPS) is 23.0. The number of methoxy groups -OCH3 is 1. The van der Waals surface area contributed by atoms with Crippen molar-refractivity contribution >= 4 is 28.5 Å². The lowest BCUT2D eigenvalue weighted by Crippen LogP contribution is -2.33. The number of pyridine rings is 1. The molecule has 1 aliphatic carbocycles. The number of allylic oxidation sites excluding steroid dienone is 3. The maximum atomic E-state index is 9.57. The molecule has 0 spiro atoms. The molecule has 0 amide bonds. The Labute approximate surface area is 175 Å². The van der Waals surface area contributed by atoms with E-state index >= 15 is 0 Å². The molecule has 2 unspecified atom stereocenters. The molecule has 0 aromatic carbocycles. The third kappa shape index (κ3) is 3.41. The van der Waals surface area contributed by atoms with Crippen LogP contribution in [-0.2, 0) is 4.74 Å². The van der Waals surface area contributed by atoms with Gasteiger partial charge in [0.1, 0.15) is 0 Å². The molecule has 0 saturated carbocycles. The summed E-state index contributed by atoms with van der Waals surface area (Å²) < 4.78 is 7.28. The van der Waals surface area contributed by atoms with E-state index in [0.717, 1.165) is 48.4 Å². The summed E-state index contributed by atoms with van der Waals surface area (Å²) in [6.45, 7) is 5.43. The molecule has 7 nitrogen and oxygen atoms in total. The van der Waals surface area contributed by atoms with Crippen LogP contribution in [0.3, 0.4) is 0 Å². The van der Waals surface area contributed by atoms with Crippen LogP contribution in [0.5, 0.6) is 0 Å². The summed E-state index contributed by atoms with van der Waals surface area (Å²) >= 11 is 6.69. The Bertz CT molecular complexity index is 1040. The molecule has 8 heteroatoms. The molecule has 4 rings (SSSR count). The number of hydrogen-bond acceptors (Lipinski definition) is 6. The summed E-state index contributed by atoms with van der Waals surface area (Å²) in [6, 6.07) is 4.46. The summed E-state index contributed by atoms with van der Waals surface area (Å²) in [6.07, 6.45) is 7.18. The third-order valence-electron chi connectivity index (χ3n) is 5.78. The van der Waals surface area contributed by atoms with Crippen LogP contribution < -0.4 is 4.90 Å². The lowest BCUT2D eigenvalue weighted by Gasteiger charge is -2.38. The van der Waals surface area contributed by atoms with E-state index < -0.39 is 5.41 Å². The highest BCUT2D eigenvalue weighted by Gasteiger charge is 2.36. The van der Waals surface area contributed by atoms with Gasteiger partial charge in [0, 0.05) is 19.9 Å². The molecule has 0 N–H and O–H groups in total. The lowest BCUT2D eigenvalue weighted by molar-refractivity contribution is 0.148. The molecule has 152 valence electrons. The molecule has 0 saturated heterocycles. The van der Waals surface area contributed by atoms with Gasteiger partial charge in [-0.1, -0.05) is 23.7 Å². The third-order valence-corrected chi connectivity index (χ3v) is 6.06. The van der Waals surface area contributed by atoms with Crippen molar-refractivity contribution in [1.29, 1.82) is 5.26 Å². The van der Waals surface area contributed by atoms with Crippen LogP contribution in [0.1, 0.15) is 45.6 Å². The van der Waals surface area contributed by atoms with Gasteiger partial charge >= 0.3 is 0 Å². The highest BCUT2D eigenvalue weighted by atomic mass is 35.5. The van der Waals surface area contributed by atoms with Crippen LogP contribution in [0.15, 0.2) is 34.6 Å². The maximum Gasteiger partial charge on any atom is 0.163 e. The highest BCUT2D eigenvalue weighted by molar-refractivity contribution is 6.32. The van der Waals surface area contributed by atoms with Crippen molar-refractivity contribution in [2.75, 3.05) is 25.2 Å². The Morgan fingerprint density at radius 2 is 2.28 bits per heavy atom. The fourth-order valence-electron chi connectivity index (χ4n) is 4.34. The van der Waals surface area contributed by atoms with Gasteiger partial charge in [0.05, 0.1) is 40.4 Å². The van der Waals surface area contributed by atoms with Gasteiger partial charge in [0.25, 0.3) is 0 Å². The molecular formula is C21H25ClN6O. The smallest absolute Gasteiger partial charge is 0.163 e. The quantitative estimate of drug-likeness (QED) is 0.726. The average molecular weight is 413 g/mol. The first-order valence-electron chi connectivity index (χ1n) is 9.99. The molecule has 29 heavy (non-hydrogen) atoms. The zero-order valence-corrected chi connectivity index (χ0v) is 17.8. The van der Waals surface area contributed by atoms with Crippen molar-refractivity contribution in [3.63, 3.8) is 0 Å². The number of anilines is 1. The van der Waals surface area contributed by atoms with Crippen molar-refractivity contribution in [1.82, 2.24) is 20.0 Å². The van der Waals surface area contributed by atoms with Gasteiger partial charge in [-0.15, -0.1) is 5.10 Å². The Hall–Kier alpha value is -2.43. The Balaban J connectivity index is 1.80. The minimum Gasteiger partial charge on any atom is -0.382 e. The maximum absolute atomic E-state index is 9.57. The number of fused-ring (bicyclic) bond motifs is 1. The predicted molar refractivity (Wildman–Crippen MR) is 112 cm³/mol. The molecule has 2 aromatic heterocycles. The zero-order valence-electron chi connectivity index (χ0n) is 17.0. The largest absolute Gasteiger partial charge is 0.382 e. The summed E-state index contributed by atoms with van der Waals surface area (Å²) in [5, 5.41) is 19.1. The first kappa shape index (κ1) is 19.9. The number of nitrogens with zero attached hydrogens (tertiary/aromatic N) is 6. The van der Waals surface area contributed by atoms with Crippen molar-refractivity contribution < 1.29 is 4.74 Å². The SMILES string of the molecule is CCC(COC)n1nnc2c(N3CCCC4=C3C(Cl)=CC(C)(C#N)C4)nccc21. The van der Waals surface area contributed by atoms with E-state index in [1.165, 1.54) is 5.57 Å². The van der Waals surface area contributed by atoms with Crippen molar-refractivity contribution in [3.05, 3.63) is 34.6 Å². The Morgan fingerprint density at radius 1 is 1.45 bits per heavy atom. The summed E-state index contributed by atoms with van der Waals surface area (Å²) in [7, 11) is 1.70. The topological polar surface area (TPSA) is 79.9 Å². The summed E-state index contributed by atoms with van der Waals surface area (Å²) in [5.41, 5.74) is 3.32. The molecule has 0 radical (unpaired) electrons. The second-order valence-electron chi connectivity index (χ2n) is 7.96. The standard InChI is InChI=1S/C21H25ClN6O/c1-4-15(12-29-3)28-17-7-8-24-20(18(17)25-26-28)27-9-5-6-14-10-21(2,13-23)11-16(22)19(14)27/h7-8,11,15H,4-6,9-10,12H2,1-3H3. The van der Waals surface area contributed by atoms with Gasteiger partial charge in [-0.25, -0.2) is 9.67 Å². The van der Waals surface area contributed by atoms with Gasteiger partial charge in [-0.3, -0.25) is 0 Å². The minimum absolute atomic E-state index is 0.117. The number of halogens is 1. The van der Waals surface area contributed by atoms with Crippen LogP contribution in [0.25, 0.3) is 11.0 Å². The molecular weight excluding hydrogens is 388 g/mol. The number of rotatable bonds is 5. The van der Waals surface area contributed by atoms with E-state index in [9.17, 15) is 5.26 Å². The molecule has 3 heterocycles. The van der Waals surface area contributed by atoms with Gasteiger partial charge in [0.15, 0.2) is 11.3 Å². The molecule has 2 atom stereocenters. The molecule has 2 aliphatic rings. The summed E-state index contributed by atoms with van der Waals surface area (Å²) in [5.74, 6) is 0.764. The monoisotopic (exact) mass is 412 g/mol. The van der Waals surface area contributed by atoms with Crippen molar-refractivity contribution in [2.24, 2.45) is 5.41 Å². The highest BCUT2D eigenvalue weighted by Crippen LogP contribution is 2.45. The minimum atomic E-state index is -0.560. The molecule has 2 aromatic rings. The molecule has 0 bridgehead atoms. The molecule has 1 aliphatic heterocycles. The fraction of sp³-hybridized carbons (Fsp3) is 0.524. The fourth-order valence-corrected chi connectivity index (χ4v) is 4.82. The Kier molecular flexibility index (Phi) is 5.32. The van der Waals surface area contributed by atoms with Crippen molar-refractivity contribution in [2.45, 2.75) is 45.6 Å². The first-order valence-corrected chi connectivity index (χ1v) is 10.4. The van der Waals surface area contributed by atoms with Gasteiger partial charge in [-0.2, -0.15) is 5.26 Å². The molecule has 0 fully saturated rings.